The highest BCUT2D eigenvalue weighted by Crippen LogP contribution is 2.17. The van der Waals surface area contributed by atoms with E-state index in [-0.39, 0.29) is 11.9 Å². The van der Waals surface area contributed by atoms with Crippen LogP contribution < -0.4 is 10.2 Å². The number of nitrogens with zero attached hydrogens (tertiary/aromatic N) is 4. The molecule has 1 N–H and O–H groups in total. The largest absolute Gasteiger partial charge is 0.378 e. The van der Waals surface area contributed by atoms with Crippen molar-refractivity contribution in [2.75, 3.05) is 19.0 Å². The van der Waals surface area contributed by atoms with Crippen molar-refractivity contribution in [3.05, 3.63) is 78.1 Å². The van der Waals surface area contributed by atoms with Crippen molar-refractivity contribution < 1.29 is 4.79 Å². The van der Waals surface area contributed by atoms with Crippen molar-refractivity contribution in [2.45, 2.75) is 12.6 Å². The molecular weight excluding hydrogens is 314 g/mol. The van der Waals surface area contributed by atoms with E-state index in [2.05, 4.69) is 15.5 Å². The lowest BCUT2D eigenvalue weighted by atomic mass is 10.1. The number of rotatable bonds is 6. The van der Waals surface area contributed by atoms with Gasteiger partial charge in [0.05, 0.1) is 25.0 Å². The number of amides is 1. The first-order chi connectivity index (χ1) is 12.1. The third-order valence-corrected chi connectivity index (χ3v) is 3.94. The van der Waals surface area contributed by atoms with Gasteiger partial charge in [-0.3, -0.25) is 4.79 Å². The molecule has 0 aliphatic carbocycles. The normalized spacial score (nSPS) is 11.8. The van der Waals surface area contributed by atoms with Gasteiger partial charge >= 0.3 is 0 Å². The lowest BCUT2D eigenvalue weighted by molar-refractivity contribution is 0.0931. The number of benzene rings is 2. The number of carbonyl (C=O) groups excluding carboxylic acids is 1. The minimum Gasteiger partial charge on any atom is -0.378 e. The van der Waals surface area contributed by atoms with Gasteiger partial charge in [-0.2, -0.15) is 15.0 Å². The van der Waals surface area contributed by atoms with Crippen LogP contribution in [0.1, 0.15) is 22.0 Å². The quantitative estimate of drug-likeness (QED) is 0.752. The predicted octanol–water partition coefficient (Wildman–Crippen LogP) is 2.52. The number of aromatic nitrogens is 3. The molecule has 2 aromatic carbocycles. The molecule has 1 amide bonds. The lowest BCUT2D eigenvalue weighted by Crippen LogP contribution is -2.32. The van der Waals surface area contributed by atoms with Gasteiger partial charge in [-0.15, -0.1) is 0 Å². The average Bonchev–Trinajstić information content (AvgIpc) is 3.15. The molecule has 1 aromatic heterocycles. The molecule has 0 bridgehead atoms. The second-order valence-electron chi connectivity index (χ2n) is 5.97. The van der Waals surface area contributed by atoms with Crippen LogP contribution in [0.3, 0.4) is 0 Å². The molecule has 6 nitrogen and oxygen atoms in total. The van der Waals surface area contributed by atoms with Gasteiger partial charge in [0, 0.05) is 25.3 Å². The monoisotopic (exact) mass is 335 g/mol. The fourth-order valence-corrected chi connectivity index (χ4v) is 2.59. The first-order valence-electron chi connectivity index (χ1n) is 8.11. The highest BCUT2D eigenvalue weighted by atomic mass is 16.1. The van der Waals surface area contributed by atoms with Crippen LogP contribution in [0.2, 0.25) is 0 Å². The summed E-state index contributed by atoms with van der Waals surface area (Å²) in [6, 6.07) is 17.2. The third-order valence-electron chi connectivity index (χ3n) is 3.94. The molecule has 1 heterocycles. The standard InChI is InChI=1S/C19H21N5O/c1-23(2)17-10-6-9-16(13-17)19(25)22-18(14-24-20-11-12-21-24)15-7-4-3-5-8-15/h3-13,18H,14H2,1-2H3,(H,22,25)/t18-/m1/s1. The van der Waals surface area contributed by atoms with Gasteiger partial charge in [0.2, 0.25) is 0 Å². The van der Waals surface area contributed by atoms with E-state index in [0.717, 1.165) is 11.3 Å². The first-order valence-corrected chi connectivity index (χ1v) is 8.11. The van der Waals surface area contributed by atoms with E-state index < -0.39 is 0 Å². The van der Waals surface area contributed by atoms with Gasteiger partial charge in [-0.05, 0) is 23.8 Å². The number of nitrogens with one attached hydrogen (secondary N) is 1. The molecule has 3 aromatic rings. The van der Waals surface area contributed by atoms with Crippen LogP contribution in [-0.4, -0.2) is 35.0 Å². The van der Waals surface area contributed by atoms with Crippen LogP contribution >= 0.6 is 0 Å². The van der Waals surface area contributed by atoms with Crippen molar-refractivity contribution in [1.29, 1.82) is 0 Å². The average molecular weight is 335 g/mol. The SMILES string of the molecule is CN(C)c1cccc(C(=O)N[C@H](Cn2nccn2)c2ccccc2)c1. The first kappa shape index (κ1) is 16.7. The van der Waals surface area contributed by atoms with Crippen LogP contribution in [0.5, 0.6) is 0 Å². The van der Waals surface area contributed by atoms with Crippen LogP contribution in [0.25, 0.3) is 0 Å². The molecule has 0 radical (unpaired) electrons. The molecule has 128 valence electrons. The Bertz CT molecular complexity index is 815. The number of hydrogen-bond donors (Lipinski definition) is 1. The molecule has 0 aliphatic heterocycles. The summed E-state index contributed by atoms with van der Waals surface area (Å²) in [6.07, 6.45) is 3.26. The number of hydrogen-bond acceptors (Lipinski definition) is 4. The summed E-state index contributed by atoms with van der Waals surface area (Å²) in [5.41, 5.74) is 2.62. The van der Waals surface area contributed by atoms with E-state index in [4.69, 9.17) is 0 Å². The summed E-state index contributed by atoms with van der Waals surface area (Å²) in [5.74, 6) is -0.121. The van der Waals surface area contributed by atoms with E-state index in [1.807, 2.05) is 73.6 Å². The second kappa shape index (κ2) is 7.61. The number of anilines is 1. The molecule has 3 rings (SSSR count). The van der Waals surface area contributed by atoms with Gasteiger partial charge < -0.3 is 10.2 Å². The zero-order valence-electron chi connectivity index (χ0n) is 14.3. The molecule has 25 heavy (non-hydrogen) atoms. The summed E-state index contributed by atoms with van der Waals surface area (Å²) < 4.78 is 0. The van der Waals surface area contributed by atoms with Crippen LogP contribution in [-0.2, 0) is 6.54 Å². The maximum Gasteiger partial charge on any atom is 0.251 e. The van der Waals surface area contributed by atoms with E-state index in [0.29, 0.717) is 12.1 Å². The zero-order chi connectivity index (χ0) is 17.6. The van der Waals surface area contributed by atoms with Crippen LogP contribution in [0.4, 0.5) is 5.69 Å². The summed E-state index contributed by atoms with van der Waals surface area (Å²) in [5, 5.41) is 11.4. The molecular formula is C19H21N5O. The Morgan fingerprint density at radius 3 is 2.48 bits per heavy atom. The van der Waals surface area contributed by atoms with Crippen molar-refractivity contribution >= 4 is 11.6 Å². The van der Waals surface area contributed by atoms with E-state index in [1.165, 1.54) is 0 Å². The van der Waals surface area contributed by atoms with Gasteiger partial charge in [0.25, 0.3) is 5.91 Å². The van der Waals surface area contributed by atoms with Crippen LogP contribution in [0.15, 0.2) is 67.0 Å². The van der Waals surface area contributed by atoms with Gasteiger partial charge in [0.1, 0.15) is 0 Å². The molecule has 0 saturated heterocycles. The Morgan fingerprint density at radius 1 is 1.08 bits per heavy atom. The third kappa shape index (κ3) is 4.23. The Labute approximate surface area is 147 Å². The molecule has 0 fully saturated rings. The van der Waals surface area contributed by atoms with Gasteiger partial charge in [0.15, 0.2) is 0 Å². The summed E-state index contributed by atoms with van der Waals surface area (Å²) in [7, 11) is 3.90. The van der Waals surface area contributed by atoms with E-state index in [9.17, 15) is 4.79 Å². The highest BCUT2D eigenvalue weighted by molar-refractivity contribution is 5.95. The molecule has 6 heteroatoms. The Balaban J connectivity index is 1.82. The predicted molar refractivity (Wildman–Crippen MR) is 97.4 cm³/mol. The van der Waals surface area contributed by atoms with Crippen molar-refractivity contribution in [3.8, 4) is 0 Å². The second-order valence-corrected chi connectivity index (χ2v) is 5.97. The van der Waals surface area contributed by atoms with Gasteiger partial charge in [-0.25, -0.2) is 0 Å². The number of carbonyl (C=O) groups is 1. The fraction of sp³-hybridized carbons (Fsp3) is 0.211. The summed E-state index contributed by atoms with van der Waals surface area (Å²) in [4.78, 5) is 16.3. The van der Waals surface area contributed by atoms with Gasteiger partial charge in [-0.1, -0.05) is 36.4 Å². The molecule has 0 aliphatic rings. The molecule has 0 unspecified atom stereocenters. The smallest absolute Gasteiger partial charge is 0.251 e. The van der Waals surface area contributed by atoms with Crippen molar-refractivity contribution in [2.24, 2.45) is 0 Å². The van der Waals surface area contributed by atoms with E-state index >= 15 is 0 Å². The van der Waals surface area contributed by atoms with Crippen molar-refractivity contribution in [3.63, 3.8) is 0 Å². The lowest BCUT2D eigenvalue weighted by Gasteiger charge is -2.19. The zero-order valence-corrected chi connectivity index (χ0v) is 14.3. The fourth-order valence-electron chi connectivity index (χ4n) is 2.59. The summed E-state index contributed by atoms with van der Waals surface area (Å²) in [6.45, 7) is 0.468. The maximum atomic E-state index is 12.8. The Hall–Kier alpha value is -3.15. The molecule has 0 saturated carbocycles. The molecule has 0 spiro atoms. The maximum absolute atomic E-state index is 12.8. The summed E-state index contributed by atoms with van der Waals surface area (Å²) >= 11 is 0. The minimum absolute atomic E-state index is 0.121. The van der Waals surface area contributed by atoms with Crippen molar-refractivity contribution in [1.82, 2.24) is 20.3 Å². The van der Waals surface area contributed by atoms with E-state index in [1.54, 1.807) is 17.2 Å². The Kier molecular flexibility index (Phi) is 5.09. The van der Waals surface area contributed by atoms with Crippen LogP contribution in [0, 0.1) is 0 Å². The minimum atomic E-state index is -0.218. The Morgan fingerprint density at radius 2 is 1.80 bits per heavy atom. The molecule has 1 atom stereocenters. The topological polar surface area (TPSA) is 63.1 Å². The highest BCUT2D eigenvalue weighted by Gasteiger charge is 2.17.